The van der Waals surface area contributed by atoms with Crippen molar-refractivity contribution in [3.8, 4) is 17.1 Å². The van der Waals surface area contributed by atoms with Crippen LogP contribution in [0.3, 0.4) is 0 Å². The molecule has 5 nitrogen and oxygen atoms in total. The van der Waals surface area contributed by atoms with Crippen LogP contribution in [-0.2, 0) is 9.53 Å². The first-order valence-corrected chi connectivity index (χ1v) is 11.4. The molecule has 5 heteroatoms. The fourth-order valence-corrected chi connectivity index (χ4v) is 3.22. The number of nitrogens with zero attached hydrogens (tertiary/aromatic N) is 2. The number of carbonyl (C=O) groups is 1. The van der Waals surface area contributed by atoms with E-state index in [4.69, 9.17) is 9.47 Å². The topological polar surface area (TPSA) is 61.3 Å². The predicted octanol–water partition coefficient (Wildman–Crippen LogP) is 6.68. The standard InChI is InChI=1S/C25H36N2O3/c1-4-6-7-8-9-10-11-12-17-29-23-18-26-25(27-19-23)22-15-13-21(14-16-22)20(3)30-24(28)5-2/h13-16,18-20H,4-12,17H2,1-3H3. The summed E-state index contributed by atoms with van der Waals surface area (Å²) < 4.78 is 11.1. The zero-order chi connectivity index (χ0) is 21.6. The van der Waals surface area contributed by atoms with E-state index in [0.717, 1.165) is 17.5 Å². The van der Waals surface area contributed by atoms with Crippen LogP contribution in [0.15, 0.2) is 36.7 Å². The molecule has 1 aromatic carbocycles. The van der Waals surface area contributed by atoms with Crippen LogP contribution in [0, 0.1) is 0 Å². The van der Waals surface area contributed by atoms with Crippen molar-refractivity contribution in [2.45, 2.75) is 84.7 Å². The minimum absolute atomic E-state index is 0.197. The van der Waals surface area contributed by atoms with Crippen molar-refractivity contribution in [3.05, 3.63) is 42.2 Å². The molecule has 1 unspecified atom stereocenters. The summed E-state index contributed by atoms with van der Waals surface area (Å²) in [6.07, 6.45) is 13.8. The van der Waals surface area contributed by atoms with Gasteiger partial charge in [-0.2, -0.15) is 0 Å². The Morgan fingerprint density at radius 3 is 2.10 bits per heavy atom. The van der Waals surface area contributed by atoms with Gasteiger partial charge in [-0.3, -0.25) is 4.79 Å². The summed E-state index contributed by atoms with van der Waals surface area (Å²) in [4.78, 5) is 20.3. The van der Waals surface area contributed by atoms with E-state index in [1.807, 2.05) is 31.2 Å². The molecule has 2 aromatic rings. The van der Waals surface area contributed by atoms with Gasteiger partial charge in [0.15, 0.2) is 11.6 Å². The van der Waals surface area contributed by atoms with Crippen molar-refractivity contribution >= 4 is 5.97 Å². The lowest BCUT2D eigenvalue weighted by Gasteiger charge is -2.13. The summed E-state index contributed by atoms with van der Waals surface area (Å²) >= 11 is 0. The largest absolute Gasteiger partial charge is 0.490 e. The number of ether oxygens (including phenoxy) is 2. The fraction of sp³-hybridized carbons (Fsp3) is 0.560. The summed E-state index contributed by atoms with van der Waals surface area (Å²) in [7, 11) is 0. The summed E-state index contributed by atoms with van der Waals surface area (Å²) in [5, 5.41) is 0. The van der Waals surface area contributed by atoms with E-state index in [9.17, 15) is 4.79 Å². The first kappa shape index (κ1) is 23.8. The zero-order valence-electron chi connectivity index (χ0n) is 18.7. The molecule has 0 aliphatic rings. The molecule has 0 amide bonds. The van der Waals surface area contributed by atoms with Crippen LogP contribution >= 0.6 is 0 Å². The monoisotopic (exact) mass is 412 g/mol. The number of carbonyl (C=O) groups excluding carboxylic acids is 1. The Balaban J connectivity index is 1.73. The molecule has 1 atom stereocenters. The summed E-state index contributed by atoms with van der Waals surface area (Å²) in [6, 6.07) is 7.78. The van der Waals surface area contributed by atoms with E-state index in [2.05, 4.69) is 16.9 Å². The molecule has 0 saturated carbocycles. The number of benzene rings is 1. The third-order valence-corrected chi connectivity index (χ3v) is 5.13. The second kappa shape index (κ2) is 13.7. The lowest BCUT2D eigenvalue weighted by atomic mass is 10.1. The van der Waals surface area contributed by atoms with Crippen molar-refractivity contribution in [2.24, 2.45) is 0 Å². The molecule has 1 heterocycles. The first-order chi connectivity index (χ1) is 14.6. The number of esters is 1. The predicted molar refractivity (Wildman–Crippen MR) is 120 cm³/mol. The Labute approximate surface area is 181 Å². The van der Waals surface area contributed by atoms with Crippen LogP contribution in [0.2, 0.25) is 0 Å². The van der Waals surface area contributed by atoms with Gasteiger partial charge in [0, 0.05) is 12.0 Å². The SMILES string of the molecule is CCCCCCCCCCOc1cnc(-c2ccc(C(C)OC(=O)CC)cc2)nc1. The maximum absolute atomic E-state index is 11.4. The zero-order valence-corrected chi connectivity index (χ0v) is 18.7. The number of aromatic nitrogens is 2. The average Bonchev–Trinajstić information content (AvgIpc) is 2.78. The third-order valence-electron chi connectivity index (χ3n) is 5.13. The molecular formula is C25H36N2O3. The minimum Gasteiger partial charge on any atom is -0.490 e. The van der Waals surface area contributed by atoms with Gasteiger partial charge < -0.3 is 9.47 Å². The molecule has 0 radical (unpaired) electrons. The Kier molecular flexibility index (Phi) is 10.9. The molecule has 0 N–H and O–H groups in total. The van der Waals surface area contributed by atoms with Gasteiger partial charge in [0.2, 0.25) is 0 Å². The molecule has 164 valence electrons. The van der Waals surface area contributed by atoms with Crippen molar-refractivity contribution in [3.63, 3.8) is 0 Å². The maximum Gasteiger partial charge on any atom is 0.306 e. The van der Waals surface area contributed by atoms with E-state index in [1.165, 1.54) is 44.9 Å². The number of rotatable bonds is 14. The van der Waals surface area contributed by atoms with E-state index in [1.54, 1.807) is 19.3 Å². The van der Waals surface area contributed by atoms with Gasteiger partial charge in [-0.1, -0.05) is 83.1 Å². The van der Waals surface area contributed by atoms with Crippen molar-refractivity contribution in [1.82, 2.24) is 9.97 Å². The summed E-state index contributed by atoms with van der Waals surface area (Å²) in [6.45, 7) is 6.62. The maximum atomic E-state index is 11.4. The first-order valence-electron chi connectivity index (χ1n) is 11.4. The molecule has 0 fully saturated rings. The Bertz CT molecular complexity index is 729. The van der Waals surface area contributed by atoms with Gasteiger partial charge in [0.05, 0.1) is 19.0 Å². The number of hydrogen-bond donors (Lipinski definition) is 0. The highest BCUT2D eigenvalue weighted by molar-refractivity contribution is 5.69. The summed E-state index contributed by atoms with van der Waals surface area (Å²) in [5.74, 6) is 1.16. The van der Waals surface area contributed by atoms with Crippen LogP contribution < -0.4 is 4.74 Å². The van der Waals surface area contributed by atoms with E-state index in [-0.39, 0.29) is 12.1 Å². The Morgan fingerprint density at radius 2 is 1.50 bits per heavy atom. The molecule has 1 aromatic heterocycles. The molecule has 30 heavy (non-hydrogen) atoms. The van der Waals surface area contributed by atoms with Gasteiger partial charge in [0.1, 0.15) is 6.10 Å². The van der Waals surface area contributed by atoms with Crippen molar-refractivity contribution in [1.29, 1.82) is 0 Å². The molecule has 0 aliphatic heterocycles. The van der Waals surface area contributed by atoms with Crippen LogP contribution in [-0.4, -0.2) is 22.5 Å². The normalized spacial score (nSPS) is 11.8. The lowest BCUT2D eigenvalue weighted by molar-refractivity contribution is -0.148. The van der Waals surface area contributed by atoms with Gasteiger partial charge >= 0.3 is 5.97 Å². The third kappa shape index (κ3) is 8.52. The Hall–Kier alpha value is -2.43. The minimum atomic E-state index is -0.264. The molecular weight excluding hydrogens is 376 g/mol. The van der Waals surface area contributed by atoms with Gasteiger partial charge in [0.25, 0.3) is 0 Å². The molecule has 0 aliphatic carbocycles. The van der Waals surface area contributed by atoms with Crippen molar-refractivity contribution in [2.75, 3.05) is 6.61 Å². The fourth-order valence-electron chi connectivity index (χ4n) is 3.22. The number of unbranched alkanes of at least 4 members (excludes halogenated alkanes) is 7. The molecule has 0 bridgehead atoms. The lowest BCUT2D eigenvalue weighted by Crippen LogP contribution is -2.07. The van der Waals surface area contributed by atoms with E-state index >= 15 is 0 Å². The van der Waals surface area contributed by atoms with Crippen molar-refractivity contribution < 1.29 is 14.3 Å². The van der Waals surface area contributed by atoms with Crippen LogP contribution in [0.5, 0.6) is 5.75 Å². The van der Waals surface area contributed by atoms with Crippen LogP contribution in [0.1, 0.15) is 90.2 Å². The highest BCUT2D eigenvalue weighted by Gasteiger charge is 2.11. The second-order valence-electron chi connectivity index (χ2n) is 7.67. The van der Waals surface area contributed by atoms with E-state index < -0.39 is 0 Å². The summed E-state index contributed by atoms with van der Waals surface area (Å²) in [5.41, 5.74) is 1.87. The highest BCUT2D eigenvalue weighted by atomic mass is 16.5. The van der Waals surface area contributed by atoms with E-state index in [0.29, 0.717) is 24.6 Å². The smallest absolute Gasteiger partial charge is 0.306 e. The molecule has 0 saturated heterocycles. The quantitative estimate of drug-likeness (QED) is 0.256. The average molecular weight is 413 g/mol. The Morgan fingerprint density at radius 1 is 0.900 bits per heavy atom. The van der Waals surface area contributed by atoms with Gasteiger partial charge in [-0.25, -0.2) is 9.97 Å². The van der Waals surface area contributed by atoms with Gasteiger partial charge in [-0.15, -0.1) is 0 Å². The highest BCUT2D eigenvalue weighted by Crippen LogP contribution is 2.22. The van der Waals surface area contributed by atoms with Crippen LogP contribution in [0.25, 0.3) is 11.4 Å². The van der Waals surface area contributed by atoms with Crippen LogP contribution in [0.4, 0.5) is 0 Å². The second-order valence-corrected chi connectivity index (χ2v) is 7.67. The molecule has 0 spiro atoms. The number of hydrogen-bond acceptors (Lipinski definition) is 5. The molecule has 2 rings (SSSR count). The van der Waals surface area contributed by atoms with Gasteiger partial charge in [-0.05, 0) is 18.9 Å².